The van der Waals surface area contributed by atoms with E-state index >= 15 is 0 Å². The highest BCUT2D eigenvalue weighted by atomic mass is 32.1. The number of thiophene rings is 1. The molecule has 2 aromatic rings. The number of rotatable bonds is 8. The summed E-state index contributed by atoms with van der Waals surface area (Å²) in [7, 11) is 0. The number of anilines is 1. The molecule has 0 bridgehead atoms. The maximum Gasteiger partial charge on any atom is 0.359 e. The van der Waals surface area contributed by atoms with Crippen molar-refractivity contribution in [1.29, 1.82) is 0 Å². The van der Waals surface area contributed by atoms with Crippen molar-refractivity contribution in [3.05, 3.63) is 40.3 Å². The van der Waals surface area contributed by atoms with Crippen molar-refractivity contribution >= 4 is 40.2 Å². The number of ether oxygens (including phenoxy) is 3. The standard InChI is InChI=1S/C18H19N3O7S/c1-4-26-17(24)13-10(3)14(18(25)27-5-2)29-15(13)21-12(22)9-28-16(23)11-8-19-6-7-20-11/h6-8H,4-5,9H2,1-3H3,(H,21,22). The van der Waals surface area contributed by atoms with E-state index in [9.17, 15) is 19.2 Å². The SMILES string of the molecule is CCOC(=O)c1sc(NC(=O)COC(=O)c2cnccn2)c(C(=O)OCC)c1C. The summed E-state index contributed by atoms with van der Waals surface area (Å²) in [6, 6.07) is 0. The first-order valence-corrected chi connectivity index (χ1v) is 9.41. The lowest BCUT2D eigenvalue weighted by Crippen LogP contribution is -2.22. The molecule has 2 rings (SSSR count). The van der Waals surface area contributed by atoms with E-state index in [0.717, 1.165) is 11.3 Å². The second-order valence-electron chi connectivity index (χ2n) is 5.42. The van der Waals surface area contributed by atoms with Gasteiger partial charge in [-0.2, -0.15) is 0 Å². The molecule has 0 spiro atoms. The molecule has 0 saturated heterocycles. The number of amides is 1. The molecule has 11 heteroatoms. The van der Waals surface area contributed by atoms with Crippen LogP contribution in [0.25, 0.3) is 0 Å². The van der Waals surface area contributed by atoms with Crippen molar-refractivity contribution in [3.8, 4) is 0 Å². The summed E-state index contributed by atoms with van der Waals surface area (Å²) in [4.78, 5) is 56.1. The number of nitrogens with one attached hydrogen (secondary N) is 1. The van der Waals surface area contributed by atoms with Gasteiger partial charge in [0.25, 0.3) is 5.91 Å². The van der Waals surface area contributed by atoms with Crippen LogP contribution in [0, 0.1) is 6.92 Å². The summed E-state index contributed by atoms with van der Waals surface area (Å²) < 4.78 is 14.9. The minimum Gasteiger partial charge on any atom is -0.462 e. The molecule has 29 heavy (non-hydrogen) atoms. The summed E-state index contributed by atoms with van der Waals surface area (Å²) in [5.74, 6) is -2.84. The molecule has 0 radical (unpaired) electrons. The molecule has 10 nitrogen and oxygen atoms in total. The quantitative estimate of drug-likeness (QED) is 0.501. The number of carbonyl (C=O) groups excluding carboxylic acids is 4. The van der Waals surface area contributed by atoms with Gasteiger partial charge in [-0.25, -0.2) is 19.4 Å². The largest absolute Gasteiger partial charge is 0.462 e. The maximum atomic E-state index is 12.3. The van der Waals surface area contributed by atoms with Gasteiger partial charge in [0.05, 0.1) is 25.0 Å². The molecule has 154 valence electrons. The summed E-state index contributed by atoms with van der Waals surface area (Å²) in [5, 5.41) is 2.57. The zero-order chi connectivity index (χ0) is 21.4. The van der Waals surface area contributed by atoms with Gasteiger partial charge in [-0.3, -0.25) is 9.78 Å². The molecule has 2 heterocycles. The van der Waals surface area contributed by atoms with Crippen molar-refractivity contribution in [1.82, 2.24) is 9.97 Å². The molecule has 1 amide bonds. The average molecular weight is 421 g/mol. The van der Waals surface area contributed by atoms with Crippen molar-refractivity contribution in [2.75, 3.05) is 25.1 Å². The molecule has 0 aliphatic rings. The van der Waals surface area contributed by atoms with Crippen LogP contribution < -0.4 is 5.32 Å². The Labute approximate surface area is 170 Å². The van der Waals surface area contributed by atoms with Crippen molar-refractivity contribution in [2.45, 2.75) is 20.8 Å². The lowest BCUT2D eigenvalue weighted by Gasteiger charge is -2.07. The number of hydrogen-bond acceptors (Lipinski definition) is 10. The molecule has 2 aromatic heterocycles. The molecule has 0 unspecified atom stereocenters. The van der Waals surface area contributed by atoms with Crippen LogP contribution in [0.1, 0.15) is 49.9 Å². The number of aromatic nitrogens is 2. The highest BCUT2D eigenvalue weighted by Gasteiger charge is 2.27. The van der Waals surface area contributed by atoms with E-state index in [0.29, 0.717) is 5.56 Å². The first kappa shape index (κ1) is 22.0. The van der Waals surface area contributed by atoms with Gasteiger partial charge in [0, 0.05) is 12.4 Å². The summed E-state index contributed by atoms with van der Waals surface area (Å²) >= 11 is 0.877. The summed E-state index contributed by atoms with van der Waals surface area (Å²) in [5.41, 5.74) is 0.330. The summed E-state index contributed by atoms with van der Waals surface area (Å²) in [6.07, 6.45) is 3.90. The third kappa shape index (κ3) is 5.57. The van der Waals surface area contributed by atoms with Gasteiger partial charge in [-0.1, -0.05) is 0 Å². The average Bonchev–Trinajstić information content (AvgIpc) is 3.03. The van der Waals surface area contributed by atoms with Crippen molar-refractivity contribution < 1.29 is 33.4 Å². The Kier molecular flexibility index (Phi) is 7.78. The fourth-order valence-corrected chi connectivity index (χ4v) is 3.32. The fourth-order valence-electron chi connectivity index (χ4n) is 2.21. The highest BCUT2D eigenvalue weighted by molar-refractivity contribution is 7.18. The van der Waals surface area contributed by atoms with Crippen LogP contribution in [0.5, 0.6) is 0 Å². The van der Waals surface area contributed by atoms with Gasteiger partial charge in [-0.05, 0) is 26.3 Å². The van der Waals surface area contributed by atoms with Gasteiger partial charge in [0.15, 0.2) is 12.3 Å². The second kappa shape index (κ2) is 10.3. The van der Waals surface area contributed by atoms with Crippen LogP contribution in [0.4, 0.5) is 5.00 Å². The third-order valence-corrected chi connectivity index (χ3v) is 4.63. The molecule has 0 aliphatic carbocycles. The molecular weight excluding hydrogens is 402 g/mol. The third-order valence-electron chi connectivity index (χ3n) is 3.45. The van der Waals surface area contributed by atoms with E-state index in [1.165, 1.54) is 18.6 Å². The Balaban J connectivity index is 2.16. The van der Waals surface area contributed by atoms with Crippen LogP contribution in [0.15, 0.2) is 18.6 Å². The zero-order valence-corrected chi connectivity index (χ0v) is 16.8. The van der Waals surface area contributed by atoms with Crippen LogP contribution in [-0.4, -0.2) is 53.6 Å². The van der Waals surface area contributed by atoms with E-state index in [4.69, 9.17) is 14.2 Å². The summed E-state index contributed by atoms with van der Waals surface area (Å²) in [6.45, 7) is 4.50. The Bertz CT molecular complexity index is 912. The molecule has 0 saturated carbocycles. The smallest absolute Gasteiger partial charge is 0.359 e. The molecule has 1 N–H and O–H groups in total. The van der Waals surface area contributed by atoms with Gasteiger partial charge >= 0.3 is 17.9 Å². The second-order valence-corrected chi connectivity index (χ2v) is 6.44. The first-order valence-electron chi connectivity index (χ1n) is 8.59. The van der Waals surface area contributed by atoms with E-state index in [1.54, 1.807) is 20.8 Å². The number of esters is 3. The van der Waals surface area contributed by atoms with Gasteiger partial charge in [0.1, 0.15) is 9.88 Å². The Hall–Kier alpha value is -3.34. The molecule has 0 atom stereocenters. The van der Waals surface area contributed by atoms with E-state index < -0.39 is 30.4 Å². The fraction of sp³-hybridized carbons (Fsp3) is 0.333. The first-order chi connectivity index (χ1) is 13.9. The molecule has 0 aromatic carbocycles. The zero-order valence-electron chi connectivity index (χ0n) is 16.0. The minimum atomic E-state index is -0.826. The Morgan fingerprint density at radius 2 is 1.69 bits per heavy atom. The van der Waals surface area contributed by atoms with Crippen molar-refractivity contribution in [3.63, 3.8) is 0 Å². The predicted molar refractivity (Wildman–Crippen MR) is 102 cm³/mol. The van der Waals surface area contributed by atoms with Crippen LogP contribution in [-0.2, 0) is 19.0 Å². The maximum absolute atomic E-state index is 12.3. The number of hydrogen-bond donors (Lipinski definition) is 1. The predicted octanol–water partition coefficient (Wildman–Crippen LogP) is 2.00. The monoisotopic (exact) mass is 421 g/mol. The molecule has 0 fully saturated rings. The minimum absolute atomic E-state index is 0.0495. The molecule has 0 aliphatic heterocycles. The van der Waals surface area contributed by atoms with E-state index in [-0.39, 0.29) is 34.3 Å². The van der Waals surface area contributed by atoms with Crippen molar-refractivity contribution in [2.24, 2.45) is 0 Å². The molecular formula is C18H19N3O7S. The number of carbonyl (C=O) groups is 4. The lowest BCUT2D eigenvalue weighted by atomic mass is 10.1. The van der Waals surface area contributed by atoms with Gasteiger partial charge < -0.3 is 19.5 Å². The van der Waals surface area contributed by atoms with Crippen LogP contribution in [0.2, 0.25) is 0 Å². The van der Waals surface area contributed by atoms with E-state index in [2.05, 4.69) is 15.3 Å². The topological polar surface area (TPSA) is 134 Å². The van der Waals surface area contributed by atoms with Gasteiger partial charge in [0.2, 0.25) is 0 Å². The van der Waals surface area contributed by atoms with Crippen LogP contribution in [0.3, 0.4) is 0 Å². The normalized spacial score (nSPS) is 10.2. The Morgan fingerprint density at radius 3 is 2.31 bits per heavy atom. The lowest BCUT2D eigenvalue weighted by molar-refractivity contribution is -0.119. The van der Waals surface area contributed by atoms with Gasteiger partial charge in [-0.15, -0.1) is 11.3 Å². The highest BCUT2D eigenvalue weighted by Crippen LogP contribution is 2.34. The van der Waals surface area contributed by atoms with E-state index in [1.807, 2.05) is 0 Å². The Morgan fingerprint density at radius 1 is 1.00 bits per heavy atom. The number of nitrogens with zero attached hydrogens (tertiary/aromatic N) is 2. The van der Waals surface area contributed by atoms with Crippen LogP contribution >= 0.6 is 11.3 Å².